The molecular formula is C16H12ClF3N2O5. The number of rotatable bonds is 3. The molecule has 0 aliphatic carbocycles. The number of esters is 2. The van der Waals surface area contributed by atoms with E-state index in [2.05, 4.69) is 9.47 Å². The van der Waals surface area contributed by atoms with Crippen LogP contribution in [0.5, 0.6) is 0 Å². The Bertz CT molecular complexity index is 861. The largest absolute Gasteiger partial charge is 0.466 e. The van der Waals surface area contributed by atoms with Crippen LogP contribution in [0.15, 0.2) is 23.4 Å². The normalized spacial score (nSPS) is 14.6. The lowest BCUT2D eigenvalue weighted by Gasteiger charge is -2.32. The Kier molecular flexibility index (Phi) is 5.98. The van der Waals surface area contributed by atoms with E-state index in [-0.39, 0.29) is 30.3 Å². The minimum absolute atomic E-state index is 0.226. The first-order chi connectivity index (χ1) is 12.6. The number of anilines is 1. The number of methoxy groups -OCH3 is 2. The number of alkyl halides is 3. The predicted octanol–water partition coefficient (Wildman–Crippen LogP) is 2.62. The molecule has 2 rings (SSSR count). The van der Waals surface area contributed by atoms with Crippen LogP contribution in [0.1, 0.15) is 11.1 Å². The van der Waals surface area contributed by atoms with Crippen molar-refractivity contribution in [3.63, 3.8) is 0 Å². The molecular weight excluding hydrogens is 393 g/mol. The standard InChI is InChI=1S/C16H12ClF3N2O5/c1-25-14(23)10-6-27-7-22(13(10)15(24)26-2)12-8(5-21)3-9(4-11(12)17)16(18,19)20/h3-4H,6-7H2,1-2H3. The summed E-state index contributed by atoms with van der Waals surface area (Å²) in [4.78, 5) is 25.2. The summed E-state index contributed by atoms with van der Waals surface area (Å²) in [6.07, 6.45) is -4.73. The zero-order chi connectivity index (χ0) is 20.4. The highest BCUT2D eigenvalue weighted by atomic mass is 35.5. The number of halogens is 4. The van der Waals surface area contributed by atoms with Crippen LogP contribution >= 0.6 is 11.6 Å². The van der Waals surface area contributed by atoms with E-state index >= 15 is 0 Å². The molecule has 1 aromatic carbocycles. The van der Waals surface area contributed by atoms with E-state index in [1.165, 1.54) is 0 Å². The molecule has 0 spiro atoms. The van der Waals surface area contributed by atoms with Gasteiger partial charge in [-0.2, -0.15) is 18.4 Å². The van der Waals surface area contributed by atoms with Crippen molar-refractivity contribution in [2.45, 2.75) is 6.18 Å². The molecule has 0 radical (unpaired) electrons. The first kappa shape index (κ1) is 20.5. The number of benzene rings is 1. The number of ether oxygens (including phenoxy) is 3. The van der Waals surface area contributed by atoms with E-state index in [4.69, 9.17) is 16.3 Å². The molecule has 1 aromatic rings. The number of carbonyl (C=O) groups is 2. The van der Waals surface area contributed by atoms with Crippen molar-refractivity contribution < 1.29 is 37.0 Å². The van der Waals surface area contributed by atoms with Crippen molar-refractivity contribution in [3.8, 4) is 6.07 Å². The average molecular weight is 405 g/mol. The maximum Gasteiger partial charge on any atom is 0.416 e. The number of carbonyl (C=O) groups excluding carboxylic acids is 2. The second-order valence-electron chi connectivity index (χ2n) is 5.18. The lowest BCUT2D eigenvalue weighted by molar-refractivity contribution is -0.140. The zero-order valence-corrected chi connectivity index (χ0v) is 14.8. The highest BCUT2D eigenvalue weighted by Crippen LogP contribution is 2.40. The van der Waals surface area contributed by atoms with Crippen molar-refractivity contribution in [1.82, 2.24) is 0 Å². The molecule has 0 saturated heterocycles. The summed E-state index contributed by atoms with van der Waals surface area (Å²) in [7, 11) is 2.13. The Morgan fingerprint density at radius 3 is 2.41 bits per heavy atom. The summed E-state index contributed by atoms with van der Waals surface area (Å²) < 4.78 is 53.4. The summed E-state index contributed by atoms with van der Waals surface area (Å²) in [5.74, 6) is -1.87. The summed E-state index contributed by atoms with van der Waals surface area (Å²) >= 11 is 5.99. The molecule has 0 atom stereocenters. The van der Waals surface area contributed by atoms with Crippen LogP contribution in [0.3, 0.4) is 0 Å². The third-order valence-electron chi connectivity index (χ3n) is 3.61. The van der Waals surface area contributed by atoms with Crippen LogP contribution in [-0.2, 0) is 30.0 Å². The Morgan fingerprint density at radius 1 is 1.26 bits per heavy atom. The van der Waals surface area contributed by atoms with Gasteiger partial charge < -0.3 is 19.1 Å². The maximum absolute atomic E-state index is 13.0. The molecule has 27 heavy (non-hydrogen) atoms. The molecule has 1 aliphatic rings. The molecule has 0 unspecified atom stereocenters. The van der Waals surface area contributed by atoms with Gasteiger partial charge in [0.05, 0.1) is 48.2 Å². The molecule has 0 N–H and O–H groups in total. The fourth-order valence-corrected chi connectivity index (χ4v) is 2.76. The molecule has 0 amide bonds. The minimum Gasteiger partial charge on any atom is -0.466 e. The Balaban J connectivity index is 2.73. The first-order valence-corrected chi connectivity index (χ1v) is 7.59. The van der Waals surface area contributed by atoms with Crippen molar-refractivity contribution in [2.75, 3.05) is 32.5 Å². The number of hydrogen-bond acceptors (Lipinski definition) is 7. The van der Waals surface area contributed by atoms with Gasteiger partial charge in [-0.05, 0) is 12.1 Å². The van der Waals surface area contributed by atoms with Gasteiger partial charge in [0.2, 0.25) is 0 Å². The van der Waals surface area contributed by atoms with E-state index in [0.29, 0.717) is 12.1 Å². The monoisotopic (exact) mass is 404 g/mol. The third kappa shape index (κ3) is 3.99. The van der Waals surface area contributed by atoms with Crippen LogP contribution in [0.25, 0.3) is 0 Å². The molecule has 11 heteroatoms. The van der Waals surface area contributed by atoms with Gasteiger partial charge in [0.1, 0.15) is 18.5 Å². The van der Waals surface area contributed by atoms with Gasteiger partial charge in [-0.15, -0.1) is 0 Å². The van der Waals surface area contributed by atoms with Crippen LogP contribution in [0.4, 0.5) is 18.9 Å². The minimum atomic E-state index is -4.73. The van der Waals surface area contributed by atoms with Crippen LogP contribution in [0, 0.1) is 11.3 Å². The molecule has 0 saturated carbocycles. The van der Waals surface area contributed by atoms with E-state index < -0.39 is 34.3 Å². The molecule has 0 aromatic heterocycles. The quantitative estimate of drug-likeness (QED) is 0.715. The van der Waals surface area contributed by atoms with Gasteiger partial charge >= 0.3 is 18.1 Å². The maximum atomic E-state index is 13.0. The lowest BCUT2D eigenvalue weighted by Crippen LogP contribution is -2.39. The smallest absolute Gasteiger partial charge is 0.416 e. The Morgan fingerprint density at radius 2 is 1.89 bits per heavy atom. The molecule has 7 nitrogen and oxygen atoms in total. The van der Waals surface area contributed by atoms with Crippen molar-refractivity contribution >= 4 is 29.2 Å². The SMILES string of the molecule is COC(=O)C1=C(C(=O)OC)N(c2c(Cl)cc(C(F)(F)F)cc2C#N)COC1. The number of hydrogen-bond donors (Lipinski definition) is 0. The molecule has 1 aliphatic heterocycles. The van der Waals surface area contributed by atoms with Crippen molar-refractivity contribution in [1.29, 1.82) is 5.26 Å². The van der Waals surface area contributed by atoms with E-state index in [0.717, 1.165) is 19.1 Å². The third-order valence-corrected chi connectivity index (χ3v) is 3.90. The van der Waals surface area contributed by atoms with Crippen LogP contribution in [0.2, 0.25) is 5.02 Å². The van der Waals surface area contributed by atoms with Gasteiger partial charge in [-0.25, -0.2) is 9.59 Å². The zero-order valence-electron chi connectivity index (χ0n) is 14.0. The fraction of sp³-hybridized carbons (Fsp3) is 0.312. The van der Waals surface area contributed by atoms with Crippen LogP contribution in [-0.4, -0.2) is 39.5 Å². The molecule has 0 fully saturated rings. The van der Waals surface area contributed by atoms with Gasteiger partial charge in [-0.1, -0.05) is 11.6 Å². The summed E-state index contributed by atoms with van der Waals surface area (Å²) in [6.45, 7) is -0.654. The average Bonchev–Trinajstić information content (AvgIpc) is 2.64. The van der Waals surface area contributed by atoms with Gasteiger partial charge in [0, 0.05) is 0 Å². The van der Waals surface area contributed by atoms with Crippen molar-refractivity contribution in [3.05, 3.63) is 39.6 Å². The second-order valence-corrected chi connectivity index (χ2v) is 5.59. The van der Waals surface area contributed by atoms with Gasteiger partial charge in [0.25, 0.3) is 0 Å². The Hall–Kier alpha value is -2.77. The second kappa shape index (κ2) is 7.85. The van der Waals surface area contributed by atoms with Gasteiger partial charge in [-0.3, -0.25) is 0 Å². The summed E-state index contributed by atoms with van der Waals surface area (Å²) in [5, 5.41) is 8.84. The number of nitrogens with zero attached hydrogens (tertiary/aromatic N) is 2. The fourth-order valence-electron chi connectivity index (χ4n) is 2.44. The highest BCUT2D eigenvalue weighted by molar-refractivity contribution is 6.34. The predicted molar refractivity (Wildman–Crippen MR) is 85.5 cm³/mol. The highest BCUT2D eigenvalue weighted by Gasteiger charge is 2.37. The number of nitriles is 1. The topological polar surface area (TPSA) is 88.9 Å². The van der Waals surface area contributed by atoms with Crippen molar-refractivity contribution in [2.24, 2.45) is 0 Å². The van der Waals surface area contributed by atoms with E-state index in [9.17, 15) is 28.0 Å². The summed E-state index contributed by atoms with van der Waals surface area (Å²) in [6, 6.07) is 2.81. The molecule has 1 heterocycles. The van der Waals surface area contributed by atoms with Gasteiger partial charge in [0.15, 0.2) is 0 Å². The van der Waals surface area contributed by atoms with Crippen LogP contribution < -0.4 is 4.90 Å². The van der Waals surface area contributed by atoms with E-state index in [1.54, 1.807) is 6.07 Å². The van der Waals surface area contributed by atoms with E-state index in [1.807, 2.05) is 0 Å². The molecule has 0 bridgehead atoms. The lowest BCUT2D eigenvalue weighted by atomic mass is 10.1. The Labute approximate surface area is 156 Å². The summed E-state index contributed by atoms with van der Waals surface area (Å²) in [5.41, 5.74) is -2.40. The first-order valence-electron chi connectivity index (χ1n) is 7.21. The molecule has 144 valence electrons.